The van der Waals surface area contributed by atoms with Crippen molar-refractivity contribution in [2.75, 3.05) is 5.32 Å². The molecular formula is C17H19F3N4O2S. The number of nitrogens with one attached hydrogen (secondary N) is 1. The molecule has 0 fully saturated rings. The summed E-state index contributed by atoms with van der Waals surface area (Å²) in [6, 6.07) is 6.36. The highest BCUT2D eigenvalue weighted by Gasteiger charge is 2.37. The second-order valence-electron chi connectivity index (χ2n) is 5.86. The van der Waals surface area contributed by atoms with Gasteiger partial charge in [0.2, 0.25) is 11.7 Å². The van der Waals surface area contributed by atoms with Crippen LogP contribution in [0.3, 0.4) is 0 Å². The van der Waals surface area contributed by atoms with Crippen molar-refractivity contribution in [2.45, 2.75) is 43.3 Å². The Hall–Kier alpha value is -2.36. The largest absolute Gasteiger partial charge is 0.451 e. The number of nitrogens with zero attached hydrogens (tertiary/aromatic N) is 3. The van der Waals surface area contributed by atoms with Crippen LogP contribution in [0.15, 0.2) is 29.4 Å². The lowest BCUT2D eigenvalue weighted by Crippen LogP contribution is -2.16. The van der Waals surface area contributed by atoms with Crippen LogP contribution in [-0.4, -0.2) is 31.7 Å². The van der Waals surface area contributed by atoms with Crippen LogP contribution >= 0.6 is 11.8 Å². The summed E-state index contributed by atoms with van der Waals surface area (Å²) in [7, 11) is 1.20. The fourth-order valence-corrected chi connectivity index (χ4v) is 3.17. The van der Waals surface area contributed by atoms with Crippen molar-refractivity contribution in [3.8, 4) is 0 Å². The summed E-state index contributed by atoms with van der Waals surface area (Å²) in [6.45, 7) is 3.49. The number of halogens is 3. The molecule has 0 aliphatic rings. The van der Waals surface area contributed by atoms with Gasteiger partial charge in [-0.05, 0) is 37.6 Å². The average molecular weight is 400 g/mol. The lowest BCUT2D eigenvalue weighted by Gasteiger charge is -2.11. The number of aromatic nitrogens is 3. The van der Waals surface area contributed by atoms with Crippen LogP contribution in [0.1, 0.15) is 42.9 Å². The highest BCUT2D eigenvalue weighted by molar-refractivity contribution is 8.00. The van der Waals surface area contributed by atoms with Crippen LogP contribution in [0.4, 0.5) is 18.9 Å². The van der Waals surface area contributed by atoms with E-state index in [4.69, 9.17) is 0 Å². The first-order valence-electron chi connectivity index (χ1n) is 8.20. The lowest BCUT2D eigenvalue weighted by atomic mass is 10.1. The third-order valence-corrected chi connectivity index (χ3v) is 4.80. The molecule has 0 saturated heterocycles. The van der Waals surface area contributed by atoms with Gasteiger partial charge in [-0.3, -0.25) is 9.59 Å². The first-order chi connectivity index (χ1) is 12.6. The van der Waals surface area contributed by atoms with Gasteiger partial charge in [0.1, 0.15) is 0 Å². The minimum Gasteiger partial charge on any atom is -0.326 e. The Kier molecular flexibility index (Phi) is 6.63. The molecule has 0 spiro atoms. The molecule has 146 valence electrons. The molecule has 1 atom stereocenters. The van der Waals surface area contributed by atoms with Gasteiger partial charge < -0.3 is 9.88 Å². The standard InChI is InChI=1S/C17H19F3N4O2S/c1-4-5-13(25)21-12-8-6-11(7-9-12)14(26)10(2)27-16-23-22-15(24(16)3)17(18,19)20/h6-10H,4-5H2,1-3H3,(H,21,25)/t10-/m1/s1. The normalized spacial score (nSPS) is 12.7. The van der Waals surface area contributed by atoms with Gasteiger partial charge >= 0.3 is 6.18 Å². The molecule has 6 nitrogen and oxygen atoms in total. The number of ketones is 1. The van der Waals surface area contributed by atoms with Gasteiger partial charge in [-0.15, -0.1) is 10.2 Å². The maximum absolute atomic E-state index is 12.8. The number of Topliss-reactive ketones (excluding diaryl/α,β-unsaturated/α-hetero) is 1. The van der Waals surface area contributed by atoms with E-state index >= 15 is 0 Å². The zero-order chi connectivity index (χ0) is 20.2. The Balaban J connectivity index is 2.05. The number of hydrogen-bond acceptors (Lipinski definition) is 5. The van der Waals surface area contributed by atoms with Crippen LogP contribution in [0.2, 0.25) is 0 Å². The zero-order valence-electron chi connectivity index (χ0n) is 15.0. The summed E-state index contributed by atoms with van der Waals surface area (Å²) in [6.07, 6.45) is -3.47. The van der Waals surface area contributed by atoms with Gasteiger partial charge in [-0.25, -0.2) is 0 Å². The molecular weight excluding hydrogens is 381 g/mol. The first kappa shape index (κ1) is 20.9. The highest BCUT2D eigenvalue weighted by Crippen LogP contribution is 2.31. The van der Waals surface area contributed by atoms with Crippen LogP contribution in [-0.2, 0) is 18.0 Å². The molecule has 1 aromatic heterocycles. The first-order valence-corrected chi connectivity index (χ1v) is 9.08. The maximum atomic E-state index is 12.8. The quantitative estimate of drug-likeness (QED) is 0.563. The highest BCUT2D eigenvalue weighted by atomic mass is 32.2. The number of alkyl halides is 3. The number of thioether (sulfide) groups is 1. The van der Waals surface area contributed by atoms with E-state index in [0.717, 1.165) is 22.7 Å². The van der Waals surface area contributed by atoms with Crippen LogP contribution in [0, 0.1) is 0 Å². The average Bonchev–Trinajstić information content (AvgIpc) is 2.96. The topological polar surface area (TPSA) is 76.9 Å². The monoisotopic (exact) mass is 400 g/mol. The zero-order valence-corrected chi connectivity index (χ0v) is 15.8. The molecule has 1 N–H and O–H groups in total. The second kappa shape index (κ2) is 8.55. The van der Waals surface area contributed by atoms with Crippen molar-refractivity contribution >= 4 is 29.1 Å². The Bertz CT molecular complexity index is 819. The van der Waals surface area contributed by atoms with Crippen molar-refractivity contribution in [3.05, 3.63) is 35.7 Å². The molecule has 0 saturated carbocycles. The van der Waals surface area contributed by atoms with Crippen molar-refractivity contribution in [3.63, 3.8) is 0 Å². The number of anilines is 1. The second-order valence-corrected chi connectivity index (χ2v) is 7.17. The maximum Gasteiger partial charge on any atom is 0.451 e. The molecule has 0 unspecified atom stereocenters. The SMILES string of the molecule is CCCC(=O)Nc1ccc(C(=O)[C@@H](C)Sc2nnc(C(F)(F)F)n2C)cc1. The Morgan fingerprint density at radius 2 is 1.85 bits per heavy atom. The lowest BCUT2D eigenvalue weighted by molar-refractivity contribution is -0.147. The van der Waals surface area contributed by atoms with Gasteiger partial charge in [0.05, 0.1) is 5.25 Å². The van der Waals surface area contributed by atoms with E-state index in [1.54, 1.807) is 31.2 Å². The van der Waals surface area contributed by atoms with Crippen molar-refractivity contribution in [1.29, 1.82) is 0 Å². The summed E-state index contributed by atoms with van der Waals surface area (Å²) in [5.74, 6) is -1.48. The van der Waals surface area contributed by atoms with E-state index in [-0.39, 0.29) is 16.8 Å². The molecule has 0 bridgehead atoms. The Morgan fingerprint density at radius 1 is 1.22 bits per heavy atom. The van der Waals surface area contributed by atoms with Gasteiger partial charge in [-0.1, -0.05) is 18.7 Å². The summed E-state index contributed by atoms with van der Waals surface area (Å²) < 4.78 is 39.1. The molecule has 1 amide bonds. The van der Waals surface area contributed by atoms with Crippen LogP contribution in [0.25, 0.3) is 0 Å². The van der Waals surface area contributed by atoms with E-state index in [0.29, 0.717) is 17.7 Å². The molecule has 2 rings (SSSR count). The molecule has 1 aromatic carbocycles. The molecule has 0 aliphatic carbocycles. The smallest absolute Gasteiger partial charge is 0.326 e. The fourth-order valence-electron chi connectivity index (χ4n) is 2.28. The molecule has 1 heterocycles. The predicted octanol–water partition coefficient (Wildman–Crippen LogP) is 3.94. The fraction of sp³-hybridized carbons (Fsp3) is 0.412. The number of carbonyl (C=O) groups excluding carboxylic acids is 2. The van der Waals surface area contributed by atoms with Crippen LogP contribution in [0.5, 0.6) is 0 Å². The number of carbonyl (C=O) groups is 2. The van der Waals surface area contributed by atoms with E-state index in [9.17, 15) is 22.8 Å². The van der Waals surface area contributed by atoms with Gasteiger partial charge in [0.25, 0.3) is 0 Å². The van der Waals surface area contributed by atoms with Gasteiger partial charge in [0, 0.05) is 24.7 Å². The van der Waals surface area contributed by atoms with Crippen molar-refractivity contribution < 1.29 is 22.8 Å². The van der Waals surface area contributed by atoms with E-state index in [2.05, 4.69) is 15.5 Å². The van der Waals surface area contributed by atoms with Crippen molar-refractivity contribution in [2.24, 2.45) is 7.05 Å². The van der Waals surface area contributed by atoms with E-state index < -0.39 is 17.3 Å². The molecule has 0 aliphatic heterocycles. The Morgan fingerprint density at radius 3 is 2.37 bits per heavy atom. The predicted molar refractivity (Wildman–Crippen MR) is 95.6 cm³/mol. The van der Waals surface area contributed by atoms with E-state index in [1.807, 2.05) is 6.92 Å². The summed E-state index contributed by atoms with van der Waals surface area (Å²) >= 11 is 0.902. The minimum atomic E-state index is -4.61. The number of benzene rings is 1. The molecule has 0 radical (unpaired) electrons. The summed E-state index contributed by atoms with van der Waals surface area (Å²) in [5.41, 5.74) is 0.968. The van der Waals surface area contributed by atoms with Crippen molar-refractivity contribution in [1.82, 2.24) is 14.8 Å². The number of amides is 1. The Labute approximate surface area is 158 Å². The van der Waals surface area contributed by atoms with Crippen LogP contribution < -0.4 is 5.32 Å². The van der Waals surface area contributed by atoms with Gasteiger partial charge in [-0.2, -0.15) is 13.2 Å². The number of hydrogen-bond donors (Lipinski definition) is 1. The summed E-state index contributed by atoms with van der Waals surface area (Å²) in [5, 5.41) is 8.73. The molecule has 27 heavy (non-hydrogen) atoms. The minimum absolute atomic E-state index is 0.00613. The van der Waals surface area contributed by atoms with Gasteiger partial charge in [0.15, 0.2) is 10.9 Å². The summed E-state index contributed by atoms with van der Waals surface area (Å²) in [4.78, 5) is 24.1. The third-order valence-electron chi connectivity index (χ3n) is 3.67. The van der Waals surface area contributed by atoms with E-state index in [1.165, 1.54) is 7.05 Å². The third kappa shape index (κ3) is 5.31. The molecule has 10 heteroatoms. The molecule has 2 aromatic rings. The number of rotatable bonds is 7.